The van der Waals surface area contributed by atoms with Gasteiger partial charge in [0.1, 0.15) is 30.2 Å². The Morgan fingerprint density at radius 1 is 1.23 bits per heavy atom. The van der Waals surface area contributed by atoms with Gasteiger partial charge in [0.05, 0.1) is 12.2 Å². The van der Waals surface area contributed by atoms with Crippen molar-refractivity contribution < 1.29 is 24.0 Å². The number of aromatic amines is 1. The van der Waals surface area contributed by atoms with Gasteiger partial charge in [0, 0.05) is 26.7 Å². The molecule has 214 valence electrons. The van der Waals surface area contributed by atoms with E-state index in [1.54, 1.807) is 6.20 Å². The number of nitrogens with zero attached hydrogens (tertiary/aromatic N) is 4. The highest BCUT2D eigenvalue weighted by Crippen LogP contribution is 2.39. The molecule has 4 rings (SSSR count). The van der Waals surface area contributed by atoms with Crippen molar-refractivity contribution in [1.82, 2.24) is 36.3 Å². The van der Waals surface area contributed by atoms with Crippen LogP contribution in [0.1, 0.15) is 49.9 Å². The van der Waals surface area contributed by atoms with Gasteiger partial charge in [0.15, 0.2) is 0 Å². The average molecular weight is 553 g/mol. The second-order valence-electron chi connectivity index (χ2n) is 10.3. The van der Waals surface area contributed by atoms with Crippen LogP contribution in [0.4, 0.5) is 5.69 Å². The zero-order valence-electron chi connectivity index (χ0n) is 23.2. The second kappa shape index (κ2) is 12.3. The van der Waals surface area contributed by atoms with Gasteiger partial charge in [-0.2, -0.15) is 0 Å². The Kier molecular flexibility index (Phi) is 8.80. The Morgan fingerprint density at radius 3 is 2.65 bits per heavy atom. The van der Waals surface area contributed by atoms with E-state index in [1.165, 1.54) is 23.9 Å². The minimum absolute atomic E-state index is 0.157. The van der Waals surface area contributed by atoms with Crippen LogP contribution in [0.5, 0.6) is 0 Å². The van der Waals surface area contributed by atoms with Crippen LogP contribution in [0.3, 0.4) is 0 Å². The highest BCUT2D eigenvalue weighted by Gasteiger charge is 2.44. The lowest BCUT2D eigenvalue weighted by Gasteiger charge is -2.33. The van der Waals surface area contributed by atoms with E-state index in [0.29, 0.717) is 31.4 Å². The summed E-state index contributed by atoms with van der Waals surface area (Å²) in [5.74, 6) is -2.35. The summed E-state index contributed by atoms with van der Waals surface area (Å²) in [6.45, 7) is 3.91. The molecule has 0 aliphatic carbocycles. The number of hydrogen-bond acceptors (Lipinski definition) is 7. The van der Waals surface area contributed by atoms with Gasteiger partial charge >= 0.3 is 0 Å². The van der Waals surface area contributed by atoms with E-state index in [-0.39, 0.29) is 30.7 Å². The third-order valence-electron chi connectivity index (χ3n) is 7.79. The molecule has 5 amide bonds. The molecule has 3 heterocycles. The number of carbonyl (C=O) groups excluding carboxylic acids is 5. The summed E-state index contributed by atoms with van der Waals surface area (Å²) in [6.07, 6.45) is 3.02. The Bertz CT molecular complexity index is 1280. The van der Waals surface area contributed by atoms with Crippen molar-refractivity contribution in [1.29, 1.82) is 0 Å². The molecule has 0 bridgehead atoms. The highest BCUT2D eigenvalue weighted by atomic mass is 16.2. The van der Waals surface area contributed by atoms with Crippen molar-refractivity contribution in [2.75, 3.05) is 19.0 Å². The molecular weight excluding hydrogens is 516 g/mol. The monoisotopic (exact) mass is 552 g/mol. The Labute approximate surface area is 232 Å². The fourth-order valence-corrected chi connectivity index (χ4v) is 5.38. The van der Waals surface area contributed by atoms with Gasteiger partial charge in [0.2, 0.25) is 29.5 Å². The molecule has 2 aromatic rings. The molecule has 40 heavy (non-hydrogen) atoms. The van der Waals surface area contributed by atoms with E-state index in [4.69, 9.17) is 0 Å². The number of hydrogen-bond donors (Lipinski definition) is 4. The highest BCUT2D eigenvalue weighted by molar-refractivity contribution is 6.08. The molecular formula is C27H36N8O5. The number of rotatable bonds is 10. The molecule has 0 spiro atoms. The van der Waals surface area contributed by atoms with Crippen LogP contribution in [0.25, 0.3) is 0 Å². The van der Waals surface area contributed by atoms with Gasteiger partial charge in [-0.05, 0) is 29.9 Å². The second-order valence-corrected chi connectivity index (χ2v) is 10.3. The standard InChI is InChI=1S/C27H36N8O5/c1-5-15(2)23(34(4)22(37)12-21(36)28-3)26(39)31-19-10-9-16-7-6-8-17-11-20(35(24(16)17)27(19)40)25(38)29-13-18-14-30-33-32-18/h6-8,14-15,19-20,23H,5,9-13H2,1-4H3,(H,28,36)(H,29,38)(H,31,39)(H,30,32,33)/t15-,19-,20-,23-/m0/s1. The predicted molar refractivity (Wildman–Crippen MR) is 145 cm³/mol. The zero-order valence-corrected chi connectivity index (χ0v) is 23.2. The molecule has 2 aliphatic heterocycles. The Balaban J connectivity index is 1.55. The first kappa shape index (κ1) is 28.7. The fourth-order valence-electron chi connectivity index (χ4n) is 5.38. The first-order valence-electron chi connectivity index (χ1n) is 13.5. The maximum Gasteiger partial charge on any atom is 0.250 e. The van der Waals surface area contributed by atoms with Crippen LogP contribution >= 0.6 is 0 Å². The van der Waals surface area contributed by atoms with Crippen LogP contribution in [-0.4, -0.2) is 82.1 Å². The summed E-state index contributed by atoms with van der Waals surface area (Å²) in [5.41, 5.74) is 3.12. The van der Waals surface area contributed by atoms with Gasteiger partial charge in [-0.3, -0.25) is 34.0 Å². The number of aromatic nitrogens is 3. The van der Waals surface area contributed by atoms with E-state index in [9.17, 15) is 24.0 Å². The normalized spacial score (nSPS) is 19.2. The number of benzene rings is 1. The lowest BCUT2D eigenvalue weighted by atomic mass is 9.95. The molecule has 13 nitrogen and oxygen atoms in total. The van der Waals surface area contributed by atoms with Crippen molar-refractivity contribution in [2.45, 2.75) is 70.6 Å². The fraction of sp³-hybridized carbons (Fsp3) is 0.519. The van der Waals surface area contributed by atoms with E-state index in [2.05, 4.69) is 31.4 Å². The maximum atomic E-state index is 14.0. The van der Waals surface area contributed by atoms with E-state index in [1.807, 2.05) is 32.0 Å². The van der Waals surface area contributed by atoms with Crippen LogP contribution in [0, 0.1) is 5.92 Å². The quantitative estimate of drug-likeness (QED) is 0.296. The van der Waals surface area contributed by atoms with Crippen LogP contribution in [0.2, 0.25) is 0 Å². The first-order chi connectivity index (χ1) is 19.2. The van der Waals surface area contributed by atoms with Crippen molar-refractivity contribution >= 4 is 35.2 Å². The number of H-pyrrole nitrogens is 1. The SMILES string of the molecule is CC[C@H](C)[C@@H](C(=O)N[C@H]1CCc2cccc3c2N(C1=O)[C@H](C(=O)NCc1c[nH]nn1)C3)N(C)C(=O)CC(=O)NC. The Morgan fingerprint density at radius 2 is 1.98 bits per heavy atom. The first-order valence-corrected chi connectivity index (χ1v) is 13.5. The molecule has 4 atom stereocenters. The molecule has 4 N–H and O–H groups in total. The third kappa shape index (κ3) is 5.82. The predicted octanol–water partition coefficient (Wildman–Crippen LogP) is -0.181. The van der Waals surface area contributed by atoms with Crippen molar-refractivity contribution in [3.05, 3.63) is 41.2 Å². The minimum Gasteiger partial charge on any atom is -0.359 e. The molecule has 13 heteroatoms. The number of para-hydroxylation sites is 1. The van der Waals surface area contributed by atoms with E-state index < -0.39 is 35.8 Å². The number of nitrogens with one attached hydrogen (secondary N) is 4. The summed E-state index contributed by atoms with van der Waals surface area (Å²) in [6, 6.07) is 3.20. The summed E-state index contributed by atoms with van der Waals surface area (Å²) >= 11 is 0. The van der Waals surface area contributed by atoms with Gasteiger partial charge in [0.25, 0.3) is 0 Å². The number of amides is 5. The summed E-state index contributed by atoms with van der Waals surface area (Å²) in [7, 11) is 2.93. The van der Waals surface area contributed by atoms with Gasteiger partial charge in [-0.25, -0.2) is 0 Å². The molecule has 2 aliphatic rings. The minimum atomic E-state index is -0.898. The largest absolute Gasteiger partial charge is 0.359 e. The number of carbonyl (C=O) groups is 5. The topological polar surface area (TPSA) is 169 Å². The molecule has 0 radical (unpaired) electrons. The number of aryl methyl sites for hydroxylation is 1. The maximum absolute atomic E-state index is 14.0. The summed E-state index contributed by atoms with van der Waals surface area (Å²) in [4.78, 5) is 68.2. The van der Waals surface area contributed by atoms with Crippen LogP contribution in [-0.2, 0) is 43.4 Å². The molecule has 0 saturated carbocycles. The molecule has 0 unspecified atom stereocenters. The zero-order chi connectivity index (χ0) is 29.0. The summed E-state index contributed by atoms with van der Waals surface area (Å²) < 4.78 is 0. The molecule has 0 fully saturated rings. The average Bonchev–Trinajstić information content (AvgIpc) is 3.58. The Hall–Kier alpha value is -4.29. The lowest BCUT2D eigenvalue weighted by molar-refractivity contribution is -0.144. The van der Waals surface area contributed by atoms with Crippen molar-refractivity contribution in [2.24, 2.45) is 5.92 Å². The number of likely N-dealkylation sites (N-methyl/N-ethyl adjacent to an activating group) is 1. The van der Waals surface area contributed by atoms with Gasteiger partial charge in [-0.15, -0.1) is 5.10 Å². The van der Waals surface area contributed by atoms with E-state index >= 15 is 0 Å². The van der Waals surface area contributed by atoms with E-state index in [0.717, 1.165) is 16.8 Å². The molecule has 1 aromatic carbocycles. The summed E-state index contributed by atoms with van der Waals surface area (Å²) in [5, 5.41) is 18.3. The third-order valence-corrected chi connectivity index (χ3v) is 7.79. The van der Waals surface area contributed by atoms with Crippen molar-refractivity contribution in [3.63, 3.8) is 0 Å². The smallest absolute Gasteiger partial charge is 0.250 e. The van der Waals surface area contributed by atoms with Gasteiger partial charge in [-0.1, -0.05) is 43.7 Å². The lowest BCUT2D eigenvalue weighted by Crippen LogP contribution is -2.58. The number of anilines is 1. The molecule has 1 aromatic heterocycles. The molecule has 0 saturated heterocycles. The van der Waals surface area contributed by atoms with Crippen molar-refractivity contribution in [3.8, 4) is 0 Å². The van der Waals surface area contributed by atoms with Crippen LogP contribution < -0.4 is 20.9 Å². The van der Waals surface area contributed by atoms with Gasteiger partial charge < -0.3 is 20.9 Å². The van der Waals surface area contributed by atoms with Crippen LogP contribution in [0.15, 0.2) is 24.4 Å².